The number of amides is 1. The number of pyridine rings is 2. The summed E-state index contributed by atoms with van der Waals surface area (Å²) in [5.74, 6) is -0.853. The Morgan fingerprint density at radius 2 is 1.94 bits per heavy atom. The fraction of sp³-hybridized carbons (Fsp3) is 0.381. The molecule has 10 heteroatoms. The molecule has 162 valence electrons. The largest absolute Gasteiger partial charge is 0.465 e. The molecule has 9 nitrogen and oxygen atoms in total. The summed E-state index contributed by atoms with van der Waals surface area (Å²) in [5.41, 5.74) is 1.41. The van der Waals surface area contributed by atoms with Crippen molar-refractivity contribution in [2.45, 2.75) is 51.6 Å². The molecule has 1 aliphatic carbocycles. The SMILES string of the molecule is CC(=O)c1cc(Nc2nc(N[C@@H]3CCCC[C@@H]3NC(=O)O)c(F)cc2C#N)cnc1C. The number of Topliss-reactive ketones (excluding diaryl/α,β-unsaturated/α-hetero) is 1. The molecule has 1 saturated carbocycles. The van der Waals surface area contributed by atoms with E-state index in [1.807, 2.05) is 6.07 Å². The van der Waals surface area contributed by atoms with Crippen LogP contribution in [0.5, 0.6) is 0 Å². The highest BCUT2D eigenvalue weighted by Crippen LogP contribution is 2.27. The van der Waals surface area contributed by atoms with E-state index >= 15 is 0 Å². The van der Waals surface area contributed by atoms with Gasteiger partial charge in [-0.3, -0.25) is 9.78 Å². The quantitative estimate of drug-likeness (QED) is 0.512. The van der Waals surface area contributed by atoms with E-state index in [2.05, 4.69) is 25.9 Å². The Kier molecular flexibility index (Phi) is 6.65. The van der Waals surface area contributed by atoms with Crippen LogP contribution in [0.15, 0.2) is 18.3 Å². The third kappa shape index (κ3) is 5.25. The number of anilines is 3. The summed E-state index contributed by atoms with van der Waals surface area (Å²) in [6.07, 6.45) is 3.39. The predicted molar refractivity (Wildman–Crippen MR) is 112 cm³/mol. The van der Waals surface area contributed by atoms with Crippen molar-refractivity contribution in [3.63, 3.8) is 0 Å². The molecule has 0 radical (unpaired) electrons. The number of halogens is 1. The fourth-order valence-electron chi connectivity index (χ4n) is 3.68. The lowest BCUT2D eigenvalue weighted by molar-refractivity contribution is 0.101. The van der Waals surface area contributed by atoms with Crippen LogP contribution in [0.1, 0.15) is 54.2 Å². The lowest BCUT2D eigenvalue weighted by atomic mass is 9.90. The predicted octanol–water partition coefficient (Wildman–Crippen LogP) is 3.73. The van der Waals surface area contributed by atoms with E-state index in [1.165, 1.54) is 13.1 Å². The van der Waals surface area contributed by atoms with Gasteiger partial charge in [0.1, 0.15) is 6.07 Å². The number of nitrogens with zero attached hydrogens (tertiary/aromatic N) is 3. The number of rotatable bonds is 6. The van der Waals surface area contributed by atoms with Crippen LogP contribution in [0.25, 0.3) is 0 Å². The van der Waals surface area contributed by atoms with Gasteiger partial charge in [-0.05, 0) is 38.8 Å². The number of ketones is 1. The lowest BCUT2D eigenvalue weighted by Crippen LogP contribution is -2.48. The Morgan fingerprint density at radius 1 is 1.23 bits per heavy atom. The van der Waals surface area contributed by atoms with Crippen molar-refractivity contribution in [1.29, 1.82) is 5.26 Å². The zero-order valence-electron chi connectivity index (χ0n) is 17.2. The van der Waals surface area contributed by atoms with E-state index in [4.69, 9.17) is 5.11 Å². The maximum Gasteiger partial charge on any atom is 0.404 e. The van der Waals surface area contributed by atoms with Crippen molar-refractivity contribution in [3.05, 3.63) is 41.0 Å². The van der Waals surface area contributed by atoms with Gasteiger partial charge in [-0.1, -0.05) is 12.8 Å². The van der Waals surface area contributed by atoms with E-state index in [0.717, 1.165) is 18.9 Å². The molecule has 1 amide bonds. The molecule has 4 N–H and O–H groups in total. The number of hydrogen-bond acceptors (Lipinski definition) is 7. The monoisotopic (exact) mass is 426 g/mol. The smallest absolute Gasteiger partial charge is 0.404 e. The Balaban J connectivity index is 1.90. The summed E-state index contributed by atoms with van der Waals surface area (Å²) < 4.78 is 14.6. The highest BCUT2D eigenvalue weighted by molar-refractivity contribution is 5.96. The summed E-state index contributed by atoms with van der Waals surface area (Å²) in [5, 5.41) is 26.8. The van der Waals surface area contributed by atoms with Crippen molar-refractivity contribution in [2.24, 2.45) is 0 Å². The second-order valence-electron chi connectivity index (χ2n) is 7.46. The van der Waals surface area contributed by atoms with Crippen LogP contribution in [-0.2, 0) is 0 Å². The van der Waals surface area contributed by atoms with Gasteiger partial charge >= 0.3 is 6.09 Å². The molecule has 0 aromatic carbocycles. The molecule has 2 atom stereocenters. The second-order valence-corrected chi connectivity index (χ2v) is 7.46. The minimum Gasteiger partial charge on any atom is -0.465 e. The van der Waals surface area contributed by atoms with Crippen molar-refractivity contribution in [2.75, 3.05) is 10.6 Å². The fourth-order valence-corrected chi connectivity index (χ4v) is 3.68. The third-order valence-electron chi connectivity index (χ3n) is 5.22. The molecule has 0 aliphatic heterocycles. The molecule has 0 spiro atoms. The third-order valence-corrected chi connectivity index (χ3v) is 5.22. The molecule has 0 saturated heterocycles. The van der Waals surface area contributed by atoms with Crippen molar-refractivity contribution in [3.8, 4) is 6.07 Å². The molecule has 2 aromatic rings. The van der Waals surface area contributed by atoms with Crippen LogP contribution in [0.2, 0.25) is 0 Å². The van der Waals surface area contributed by atoms with Gasteiger partial charge in [0.25, 0.3) is 0 Å². The van der Waals surface area contributed by atoms with Crippen molar-refractivity contribution >= 4 is 29.2 Å². The highest BCUT2D eigenvalue weighted by atomic mass is 19.1. The van der Waals surface area contributed by atoms with Crippen LogP contribution in [0.4, 0.5) is 26.5 Å². The van der Waals surface area contributed by atoms with Crippen molar-refractivity contribution in [1.82, 2.24) is 15.3 Å². The molecule has 1 aliphatic rings. The van der Waals surface area contributed by atoms with Gasteiger partial charge in [0.15, 0.2) is 23.2 Å². The number of aromatic nitrogens is 2. The summed E-state index contributed by atoms with van der Waals surface area (Å²) in [6.45, 7) is 3.14. The first-order valence-corrected chi connectivity index (χ1v) is 9.89. The lowest BCUT2D eigenvalue weighted by Gasteiger charge is -2.32. The summed E-state index contributed by atoms with van der Waals surface area (Å²) in [6, 6.07) is 3.85. The van der Waals surface area contributed by atoms with E-state index < -0.39 is 11.9 Å². The maximum atomic E-state index is 14.6. The molecular weight excluding hydrogens is 403 g/mol. The number of nitriles is 1. The highest BCUT2D eigenvalue weighted by Gasteiger charge is 2.28. The maximum absolute atomic E-state index is 14.6. The van der Waals surface area contributed by atoms with Gasteiger partial charge in [0.05, 0.1) is 23.5 Å². The second kappa shape index (κ2) is 9.38. The minimum absolute atomic E-state index is 0.0168. The minimum atomic E-state index is -1.14. The van der Waals surface area contributed by atoms with Crippen LogP contribution >= 0.6 is 0 Å². The topological polar surface area (TPSA) is 140 Å². The normalized spacial score (nSPS) is 18.0. The Hall–Kier alpha value is -3.74. The summed E-state index contributed by atoms with van der Waals surface area (Å²) in [4.78, 5) is 31.3. The molecule has 2 aromatic heterocycles. The zero-order valence-corrected chi connectivity index (χ0v) is 17.2. The Morgan fingerprint density at radius 3 is 2.58 bits per heavy atom. The number of hydrogen-bond donors (Lipinski definition) is 4. The molecule has 0 unspecified atom stereocenters. The van der Waals surface area contributed by atoms with E-state index in [-0.39, 0.29) is 35.1 Å². The average Bonchev–Trinajstić information content (AvgIpc) is 2.72. The molecule has 0 bridgehead atoms. The van der Waals surface area contributed by atoms with Gasteiger partial charge in [-0.25, -0.2) is 14.2 Å². The Labute approximate surface area is 178 Å². The molecule has 1 fully saturated rings. The molecule has 31 heavy (non-hydrogen) atoms. The van der Waals surface area contributed by atoms with Crippen LogP contribution in [0.3, 0.4) is 0 Å². The molecule has 2 heterocycles. The van der Waals surface area contributed by atoms with Crippen LogP contribution in [0, 0.1) is 24.1 Å². The van der Waals surface area contributed by atoms with E-state index in [0.29, 0.717) is 29.8 Å². The van der Waals surface area contributed by atoms with E-state index in [1.54, 1.807) is 13.0 Å². The first-order valence-electron chi connectivity index (χ1n) is 9.89. The van der Waals surface area contributed by atoms with Gasteiger partial charge in [0, 0.05) is 17.3 Å². The number of aryl methyl sites for hydroxylation is 1. The number of carbonyl (C=O) groups is 2. The van der Waals surface area contributed by atoms with Crippen LogP contribution < -0.4 is 16.0 Å². The zero-order chi connectivity index (χ0) is 22.5. The number of nitrogens with one attached hydrogen (secondary N) is 3. The van der Waals surface area contributed by atoms with Gasteiger partial charge in [-0.15, -0.1) is 0 Å². The van der Waals surface area contributed by atoms with Gasteiger partial charge in [0.2, 0.25) is 0 Å². The van der Waals surface area contributed by atoms with Crippen molar-refractivity contribution < 1.29 is 19.1 Å². The average molecular weight is 426 g/mol. The van der Waals surface area contributed by atoms with E-state index in [9.17, 15) is 19.2 Å². The molecule has 3 rings (SSSR count). The van der Waals surface area contributed by atoms with Crippen LogP contribution in [-0.4, -0.2) is 39.0 Å². The van der Waals surface area contributed by atoms with Gasteiger partial charge < -0.3 is 21.1 Å². The number of carbonyl (C=O) groups excluding carboxylic acids is 1. The standard InChI is InChI=1S/C21H23FN6O3/c1-11-15(12(2)29)8-14(10-24-11)25-19-13(9-23)7-16(22)20(28-19)26-17-5-3-4-6-18(17)27-21(30)31/h7-8,10,17-18,27H,3-6H2,1-2H3,(H,30,31)(H2,25,26,28)/t17-,18+/m1/s1. The van der Waals surface area contributed by atoms with Gasteiger partial charge in [-0.2, -0.15) is 5.26 Å². The first-order chi connectivity index (χ1) is 14.8. The number of carboxylic acid groups (broad SMARTS) is 1. The Bertz CT molecular complexity index is 1050. The molecular formula is C21H23FN6O3. The summed E-state index contributed by atoms with van der Waals surface area (Å²) in [7, 11) is 0. The first kappa shape index (κ1) is 22.0. The summed E-state index contributed by atoms with van der Waals surface area (Å²) >= 11 is 0.